The lowest BCUT2D eigenvalue weighted by Crippen LogP contribution is -2.02. The Morgan fingerprint density at radius 1 is 1.00 bits per heavy atom. The number of phenolic OH excluding ortho intramolecular Hbond substituents is 1. The summed E-state index contributed by atoms with van der Waals surface area (Å²) in [6.45, 7) is 0.797. The summed E-state index contributed by atoms with van der Waals surface area (Å²) in [4.78, 5) is 0. The van der Waals surface area contributed by atoms with Gasteiger partial charge in [0.2, 0.25) is 0 Å². The second-order valence-electron chi connectivity index (χ2n) is 5.91. The van der Waals surface area contributed by atoms with Gasteiger partial charge in [0, 0.05) is 17.8 Å². The number of benzene rings is 3. The average molecular weight is 388 g/mol. The molecule has 0 spiro atoms. The lowest BCUT2D eigenvalue weighted by atomic mass is 10.2. The third-order valence-corrected chi connectivity index (χ3v) is 4.34. The Hall–Kier alpha value is -2.92. The fourth-order valence-electron chi connectivity index (χ4n) is 2.52. The number of aromatic hydroxyl groups is 1. The van der Waals surface area contributed by atoms with Crippen molar-refractivity contribution in [1.82, 2.24) is 0 Å². The van der Waals surface area contributed by atoms with Gasteiger partial charge in [0.1, 0.15) is 18.2 Å². The first-order valence-corrected chi connectivity index (χ1v) is 8.69. The number of halogens is 2. The molecule has 4 nitrogen and oxygen atoms in total. The summed E-state index contributed by atoms with van der Waals surface area (Å²) in [7, 11) is 1.57. The van der Waals surface area contributed by atoms with Gasteiger partial charge < -0.3 is 19.9 Å². The first-order chi connectivity index (χ1) is 13.0. The molecule has 140 valence electrons. The number of hydrogen-bond donors (Lipinski definition) is 2. The zero-order valence-electron chi connectivity index (χ0n) is 14.7. The van der Waals surface area contributed by atoms with Gasteiger partial charge in [0.25, 0.3) is 0 Å². The SMILES string of the molecule is COc1cc(CNc2ccc(O)cc2)ccc1OCc1ccc(F)cc1Cl. The number of rotatable bonds is 7. The highest BCUT2D eigenvalue weighted by Gasteiger charge is 2.08. The minimum Gasteiger partial charge on any atom is -0.508 e. The van der Waals surface area contributed by atoms with Crippen molar-refractivity contribution < 1.29 is 19.0 Å². The molecular weight excluding hydrogens is 369 g/mol. The Labute approximate surface area is 162 Å². The summed E-state index contributed by atoms with van der Waals surface area (Å²) in [5, 5.41) is 12.9. The van der Waals surface area contributed by atoms with Crippen LogP contribution in [0.3, 0.4) is 0 Å². The van der Waals surface area contributed by atoms with Crippen molar-refractivity contribution >= 4 is 17.3 Å². The van der Waals surface area contributed by atoms with Crippen LogP contribution in [0.1, 0.15) is 11.1 Å². The van der Waals surface area contributed by atoms with E-state index in [4.69, 9.17) is 21.1 Å². The highest BCUT2D eigenvalue weighted by atomic mass is 35.5. The number of hydrogen-bond acceptors (Lipinski definition) is 4. The van der Waals surface area contributed by atoms with E-state index < -0.39 is 0 Å². The number of anilines is 1. The molecule has 0 aliphatic carbocycles. The van der Waals surface area contributed by atoms with Crippen LogP contribution in [0, 0.1) is 5.82 Å². The van der Waals surface area contributed by atoms with E-state index in [9.17, 15) is 9.50 Å². The van der Waals surface area contributed by atoms with Crippen LogP contribution < -0.4 is 14.8 Å². The van der Waals surface area contributed by atoms with E-state index in [2.05, 4.69) is 5.32 Å². The molecule has 0 amide bonds. The van der Waals surface area contributed by atoms with Crippen molar-refractivity contribution in [3.8, 4) is 17.2 Å². The predicted molar refractivity (Wildman–Crippen MR) is 104 cm³/mol. The van der Waals surface area contributed by atoms with Gasteiger partial charge in [-0.05, 0) is 54.1 Å². The Kier molecular flexibility index (Phi) is 6.04. The van der Waals surface area contributed by atoms with E-state index in [1.807, 2.05) is 18.2 Å². The van der Waals surface area contributed by atoms with E-state index >= 15 is 0 Å². The molecule has 0 radical (unpaired) electrons. The summed E-state index contributed by atoms with van der Waals surface area (Å²) in [5.74, 6) is 1.02. The van der Waals surface area contributed by atoms with Crippen molar-refractivity contribution in [2.75, 3.05) is 12.4 Å². The van der Waals surface area contributed by atoms with Crippen LogP contribution in [0.15, 0.2) is 60.7 Å². The molecule has 0 atom stereocenters. The minimum absolute atomic E-state index is 0.209. The van der Waals surface area contributed by atoms with Crippen LogP contribution in [-0.2, 0) is 13.2 Å². The van der Waals surface area contributed by atoms with Crippen LogP contribution in [0.4, 0.5) is 10.1 Å². The lowest BCUT2D eigenvalue weighted by molar-refractivity contribution is 0.284. The van der Waals surface area contributed by atoms with Crippen molar-refractivity contribution in [3.63, 3.8) is 0 Å². The highest BCUT2D eigenvalue weighted by molar-refractivity contribution is 6.31. The van der Waals surface area contributed by atoms with Crippen molar-refractivity contribution in [1.29, 1.82) is 0 Å². The molecule has 0 saturated carbocycles. The zero-order valence-corrected chi connectivity index (χ0v) is 15.5. The fraction of sp³-hybridized carbons (Fsp3) is 0.143. The Bertz CT molecular complexity index is 916. The molecule has 2 N–H and O–H groups in total. The molecular formula is C21H19ClFNO3. The highest BCUT2D eigenvalue weighted by Crippen LogP contribution is 2.30. The normalized spacial score (nSPS) is 10.5. The molecule has 0 fully saturated rings. The monoisotopic (exact) mass is 387 g/mol. The largest absolute Gasteiger partial charge is 0.508 e. The summed E-state index contributed by atoms with van der Waals surface area (Å²) < 4.78 is 24.3. The van der Waals surface area contributed by atoms with Crippen molar-refractivity contribution in [2.45, 2.75) is 13.2 Å². The van der Waals surface area contributed by atoms with Crippen LogP contribution in [0.5, 0.6) is 17.2 Å². The van der Waals surface area contributed by atoms with E-state index in [-0.39, 0.29) is 18.2 Å². The van der Waals surface area contributed by atoms with Gasteiger partial charge in [-0.15, -0.1) is 0 Å². The topological polar surface area (TPSA) is 50.7 Å². The smallest absolute Gasteiger partial charge is 0.161 e. The molecule has 3 rings (SSSR count). The molecule has 0 unspecified atom stereocenters. The van der Waals surface area contributed by atoms with Gasteiger partial charge in [0.05, 0.1) is 12.1 Å². The van der Waals surface area contributed by atoms with Gasteiger partial charge in [-0.3, -0.25) is 0 Å². The molecule has 6 heteroatoms. The third-order valence-electron chi connectivity index (χ3n) is 3.99. The number of methoxy groups -OCH3 is 1. The Morgan fingerprint density at radius 3 is 2.48 bits per heavy atom. The van der Waals surface area contributed by atoms with Crippen LogP contribution in [0.2, 0.25) is 5.02 Å². The molecule has 27 heavy (non-hydrogen) atoms. The molecule has 0 bridgehead atoms. The van der Waals surface area contributed by atoms with E-state index in [0.717, 1.165) is 11.3 Å². The maximum atomic E-state index is 13.1. The summed E-state index contributed by atoms with van der Waals surface area (Å²) in [6, 6.07) is 16.7. The summed E-state index contributed by atoms with van der Waals surface area (Å²) >= 11 is 6.03. The molecule has 0 saturated heterocycles. The maximum Gasteiger partial charge on any atom is 0.161 e. The second-order valence-corrected chi connectivity index (χ2v) is 6.32. The van der Waals surface area contributed by atoms with Crippen molar-refractivity contribution in [3.05, 3.63) is 82.6 Å². The number of nitrogens with one attached hydrogen (secondary N) is 1. The molecule has 0 aliphatic heterocycles. The van der Waals surface area contributed by atoms with Crippen LogP contribution in [-0.4, -0.2) is 12.2 Å². The quantitative estimate of drug-likeness (QED) is 0.534. The Morgan fingerprint density at radius 2 is 1.78 bits per heavy atom. The van der Waals surface area contributed by atoms with Gasteiger partial charge in [-0.25, -0.2) is 4.39 Å². The molecule has 0 aromatic heterocycles. The molecule has 0 aliphatic rings. The fourth-order valence-corrected chi connectivity index (χ4v) is 2.74. The lowest BCUT2D eigenvalue weighted by Gasteiger charge is -2.14. The van der Waals surface area contributed by atoms with Crippen LogP contribution >= 0.6 is 11.6 Å². The first kappa shape index (κ1) is 18.9. The van der Waals surface area contributed by atoms with Gasteiger partial charge in [-0.2, -0.15) is 0 Å². The second kappa shape index (κ2) is 8.64. The summed E-state index contributed by atoms with van der Waals surface area (Å²) in [6.07, 6.45) is 0. The molecule has 0 heterocycles. The minimum atomic E-state index is -0.383. The van der Waals surface area contributed by atoms with E-state index in [1.54, 1.807) is 37.4 Å². The zero-order chi connectivity index (χ0) is 19.2. The predicted octanol–water partition coefficient (Wildman–Crippen LogP) is 5.38. The molecule has 3 aromatic carbocycles. The molecule has 3 aromatic rings. The number of phenols is 1. The van der Waals surface area contributed by atoms with Gasteiger partial charge >= 0.3 is 0 Å². The average Bonchev–Trinajstić information content (AvgIpc) is 2.67. The van der Waals surface area contributed by atoms with E-state index in [1.165, 1.54) is 12.1 Å². The Balaban J connectivity index is 1.65. The van der Waals surface area contributed by atoms with E-state index in [0.29, 0.717) is 28.6 Å². The summed E-state index contributed by atoms with van der Waals surface area (Å²) in [5.41, 5.74) is 2.60. The van der Waals surface area contributed by atoms with Crippen molar-refractivity contribution in [2.24, 2.45) is 0 Å². The maximum absolute atomic E-state index is 13.1. The number of ether oxygens (including phenoxy) is 2. The van der Waals surface area contributed by atoms with Crippen LogP contribution in [0.25, 0.3) is 0 Å². The first-order valence-electron chi connectivity index (χ1n) is 8.31. The van der Waals surface area contributed by atoms with Gasteiger partial charge in [0.15, 0.2) is 11.5 Å². The standard InChI is InChI=1S/C21H19ClFNO3/c1-26-21-10-14(12-24-17-5-7-18(25)8-6-17)2-9-20(21)27-13-15-3-4-16(23)11-19(15)22/h2-11,24-25H,12-13H2,1H3. The third kappa shape index (κ3) is 5.05. The van der Waals surface area contributed by atoms with Gasteiger partial charge in [-0.1, -0.05) is 23.7 Å².